The largest absolute Gasteiger partial charge is 0.392 e. The van der Waals surface area contributed by atoms with Crippen molar-refractivity contribution in [3.8, 4) is 0 Å². The standard InChI is InChI=1S/C13H19NO3S2/c1-18-13-7-3-6-12(13)14-19(16,17)11-5-2-4-10(8-11)9-15/h2,4-5,8,12-15H,3,6-7,9H2,1H3. The lowest BCUT2D eigenvalue weighted by atomic mass is 10.2. The summed E-state index contributed by atoms with van der Waals surface area (Å²) in [5, 5.41) is 9.43. The zero-order chi connectivity index (χ0) is 13.9. The molecule has 2 atom stereocenters. The highest BCUT2D eigenvalue weighted by atomic mass is 32.2. The van der Waals surface area contributed by atoms with Crippen molar-refractivity contribution < 1.29 is 13.5 Å². The third-order valence-corrected chi connectivity index (χ3v) is 6.11. The summed E-state index contributed by atoms with van der Waals surface area (Å²) in [4.78, 5) is 0.228. The second-order valence-electron chi connectivity index (χ2n) is 4.74. The zero-order valence-corrected chi connectivity index (χ0v) is 12.5. The van der Waals surface area contributed by atoms with Crippen molar-refractivity contribution in [2.45, 2.75) is 42.1 Å². The molecule has 6 heteroatoms. The monoisotopic (exact) mass is 301 g/mol. The van der Waals surface area contributed by atoms with Gasteiger partial charge in [-0.3, -0.25) is 0 Å². The zero-order valence-electron chi connectivity index (χ0n) is 10.9. The molecular formula is C13H19NO3S2. The molecule has 0 aromatic heterocycles. The molecule has 0 amide bonds. The van der Waals surface area contributed by atoms with Crippen LogP contribution in [-0.2, 0) is 16.6 Å². The number of hydrogen-bond donors (Lipinski definition) is 2. The fourth-order valence-electron chi connectivity index (χ4n) is 2.42. The lowest BCUT2D eigenvalue weighted by Crippen LogP contribution is -2.38. The maximum atomic E-state index is 12.3. The van der Waals surface area contributed by atoms with Crippen LogP contribution < -0.4 is 4.72 Å². The first kappa shape index (κ1) is 14.8. The van der Waals surface area contributed by atoms with Crippen LogP contribution >= 0.6 is 11.8 Å². The van der Waals surface area contributed by atoms with E-state index in [-0.39, 0.29) is 17.5 Å². The van der Waals surface area contributed by atoms with Crippen molar-refractivity contribution in [2.75, 3.05) is 6.26 Å². The van der Waals surface area contributed by atoms with E-state index < -0.39 is 10.0 Å². The molecule has 1 saturated carbocycles. The van der Waals surface area contributed by atoms with Crippen LogP contribution in [0.5, 0.6) is 0 Å². The summed E-state index contributed by atoms with van der Waals surface area (Å²) >= 11 is 1.72. The molecule has 2 unspecified atom stereocenters. The van der Waals surface area contributed by atoms with Gasteiger partial charge in [-0.2, -0.15) is 11.8 Å². The van der Waals surface area contributed by atoms with E-state index in [2.05, 4.69) is 4.72 Å². The second kappa shape index (κ2) is 6.26. The lowest BCUT2D eigenvalue weighted by Gasteiger charge is -2.19. The fraction of sp³-hybridized carbons (Fsp3) is 0.538. The summed E-state index contributed by atoms with van der Waals surface area (Å²) in [5.41, 5.74) is 0.607. The van der Waals surface area contributed by atoms with Crippen LogP contribution in [-0.4, -0.2) is 31.1 Å². The van der Waals surface area contributed by atoms with Gasteiger partial charge >= 0.3 is 0 Å². The molecule has 1 aliphatic rings. The van der Waals surface area contributed by atoms with Gasteiger partial charge in [0.1, 0.15) is 0 Å². The van der Waals surface area contributed by atoms with E-state index in [4.69, 9.17) is 5.11 Å². The summed E-state index contributed by atoms with van der Waals surface area (Å²) in [7, 11) is -3.49. The van der Waals surface area contributed by atoms with Gasteiger partial charge in [0.05, 0.1) is 11.5 Å². The lowest BCUT2D eigenvalue weighted by molar-refractivity contribution is 0.281. The van der Waals surface area contributed by atoms with Gasteiger partial charge in [-0.15, -0.1) is 0 Å². The molecule has 0 spiro atoms. The van der Waals surface area contributed by atoms with Crippen LogP contribution in [0, 0.1) is 0 Å². The van der Waals surface area contributed by atoms with E-state index in [1.807, 2.05) is 6.26 Å². The summed E-state index contributed by atoms with van der Waals surface area (Å²) < 4.78 is 27.4. The first-order valence-corrected chi connectivity index (χ1v) is 9.09. The van der Waals surface area contributed by atoms with E-state index >= 15 is 0 Å². The van der Waals surface area contributed by atoms with Gasteiger partial charge in [-0.05, 0) is 36.8 Å². The molecule has 106 valence electrons. The van der Waals surface area contributed by atoms with Gasteiger partial charge in [0, 0.05) is 11.3 Å². The van der Waals surface area contributed by atoms with Crippen molar-refractivity contribution in [1.29, 1.82) is 0 Å². The number of nitrogens with one attached hydrogen (secondary N) is 1. The quantitative estimate of drug-likeness (QED) is 0.869. The van der Waals surface area contributed by atoms with Crippen molar-refractivity contribution in [2.24, 2.45) is 0 Å². The number of benzene rings is 1. The molecule has 1 fully saturated rings. The molecular weight excluding hydrogens is 282 g/mol. The van der Waals surface area contributed by atoms with Gasteiger partial charge < -0.3 is 5.11 Å². The van der Waals surface area contributed by atoms with E-state index in [0.29, 0.717) is 10.8 Å². The Morgan fingerprint density at radius 3 is 2.89 bits per heavy atom. The van der Waals surface area contributed by atoms with Crippen LogP contribution in [0.15, 0.2) is 29.2 Å². The molecule has 0 heterocycles. The van der Waals surface area contributed by atoms with Gasteiger partial charge in [0.2, 0.25) is 10.0 Å². The molecule has 0 bridgehead atoms. The van der Waals surface area contributed by atoms with E-state index in [0.717, 1.165) is 19.3 Å². The van der Waals surface area contributed by atoms with Crippen molar-refractivity contribution in [3.05, 3.63) is 29.8 Å². The average Bonchev–Trinajstić information content (AvgIpc) is 2.85. The van der Waals surface area contributed by atoms with Crippen molar-refractivity contribution >= 4 is 21.8 Å². The van der Waals surface area contributed by atoms with Crippen molar-refractivity contribution in [1.82, 2.24) is 4.72 Å². The molecule has 0 aliphatic heterocycles. The number of thioether (sulfide) groups is 1. The first-order valence-electron chi connectivity index (χ1n) is 6.32. The molecule has 1 aromatic carbocycles. The maximum absolute atomic E-state index is 12.3. The van der Waals surface area contributed by atoms with Crippen LogP contribution in [0.2, 0.25) is 0 Å². The Bertz CT molecular complexity index is 530. The Labute approximate surface area is 118 Å². The van der Waals surface area contributed by atoms with Crippen LogP contribution in [0.3, 0.4) is 0 Å². The van der Waals surface area contributed by atoms with Crippen LogP contribution in [0.25, 0.3) is 0 Å². The number of aliphatic hydroxyl groups is 1. The van der Waals surface area contributed by atoms with Crippen LogP contribution in [0.4, 0.5) is 0 Å². The van der Waals surface area contributed by atoms with E-state index in [9.17, 15) is 8.42 Å². The summed E-state index contributed by atoms with van der Waals surface area (Å²) in [6.07, 6.45) is 5.04. The molecule has 0 radical (unpaired) electrons. The average molecular weight is 301 g/mol. The minimum Gasteiger partial charge on any atom is -0.392 e. The molecule has 1 aliphatic carbocycles. The second-order valence-corrected chi connectivity index (χ2v) is 7.53. The Hall–Kier alpha value is -0.560. The predicted octanol–water partition coefficient (Wildman–Crippen LogP) is 1.74. The third kappa shape index (κ3) is 3.51. The fourth-order valence-corrected chi connectivity index (χ4v) is 4.82. The Balaban J connectivity index is 2.17. The highest BCUT2D eigenvalue weighted by Gasteiger charge is 2.30. The van der Waals surface area contributed by atoms with E-state index in [1.165, 1.54) is 6.07 Å². The Morgan fingerprint density at radius 1 is 1.42 bits per heavy atom. The number of aliphatic hydroxyl groups excluding tert-OH is 1. The maximum Gasteiger partial charge on any atom is 0.240 e. The minimum atomic E-state index is -3.49. The Kier molecular flexibility index (Phi) is 4.89. The van der Waals surface area contributed by atoms with Gasteiger partial charge in [0.15, 0.2) is 0 Å². The molecule has 2 N–H and O–H groups in total. The number of rotatable bonds is 5. The van der Waals surface area contributed by atoms with Gasteiger partial charge in [-0.1, -0.05) is 18.6 Å². The molecule has 4 nitrogen and oxygen atoms in total. The summed E-state index contributed by atoms with van der Waals surface area (Å²) in [6, 6.07) is 6.45. The SMILES string of the molecule is CSC1CCCC1NS(=O)(=O)c1cccc(CO)c1. The summed E-state index contributed by atoms with van der Waals surface area (Å²) in [6.45, 7) is -0.153. The smallest absolute Gasteiger partial charge is 0.240 e. The first-order chi connectivity index (χ1) is 9.06. The van der Waals surface area contributed by atoms with Crippen molar-refractivity contribution in [3.63, 3.8) is 0 Å². The third-order valence-electron chi connectivity index (χ3n) is 3.45. The molecule has 1 aromatic rings. The normalized spacial score (nSPS) is 23.7. The predicted molar refractivity (Wildman–Crippen MR) is 77.6 cm³/mol. The molecule has 0 saturated heterocycles. The minimum absolute atomic E-state index is 0.0118. The highest BCUT2D eigenvalue weighted by Crippen LogP contribution is 2.29. The highest BCUT2D eigenvalue weighted by molar-refractivity contribution is 7.99. The number of hydrogen-bond acceptors (Lipinski definition) is 4. The summed E-state index contributed by atoms with van der Waals surface area (Å²) in [5.74, 6) is 0. The number of sulfonamides is 1. The van der Waals surface area contributed by atoms with Crippen LogP contribution in [0.1, 0.15) is 24.8 Å². The van der Waals surface area contributed by atoms with Gasteiger partial charge in [0.25, 0.3) is 0 Å². The Morgan fingerprint density at radius 2 is 2.21 bits per heavy atom. The van der Waals surface area contributed by atoms with Gasteiger partial charge in [-0.25, -0.2) is 13.1 Å². The molecule has 19 heavy (non-hydrogen) atoms. The molecule has 2 rings (SSSR count). The van der Waals surface area contributed by atoms with E-state index in [1.54, 1.807) is 30.0 Å². The topological polar surface area (TPSA) is 66.4 Å².